The van der Waals surface area contributed by atoms with Crippen LogP contribution in [0, 0.1) is 11.3 Å². The van der Waals surface area contributed by atoms with Gasteiger partial charge in [-0.15, -0.1) is 0 Å². The highest BCUT2D eigenvalue weighted by Crippen LogP contribution is 2.38. The highest BCUT2D eigenvalue weighted by Gasteiger charge is 2.16. The standard InChI is InChI=1S/C20H12ClNO2/c21-18-10-20-19(23-12-24-20)9-16(18)8-17(11-22)15-6-5-13-3-1-2-4-14(13)7-15/h1-10H,12H2. The van der Waals surface area contributed by atoms with Gasteiger partial charge in [-0.3, -0.25) is 0 Å². The Bertz CT molecular complexity index is 1020. The van der Waals surface area contributed by atoms with Gasteiger partial charge in [-0.2, -0.15) is 5.26 Å². The maximum absolute atomic E-state index is 9.58. The van der Waals surface area contributed by atoms with Crippen LogP contribution in [0.3, 0.4) is 0 Å². The Kier molecular flexibility index (Phi) is 3.60. The Morgan fingerprint density at radius 3 is 2.54 bits per heavy atom. The van der Waals surface area contributed by atoms with Crippen LogP contribution >= 0.6 is 11.6 Å². The van der Waals surface area contributed by atoms with Crippen LogP contribution in [0.2, 0.25) is 5.02 Å². The second kappa shape index (κ2) is 5.92. The van der Waals surface area contributed by atoms with E-state index in [9.17, 15) is 5.26 Å². The Hall–Kier alpha value is -2.96. The average Bonchev–Trinajstić information content (AvgIpc) is 3.06. The quantitative estimate of drug-likeness (QED) is 0.473. The molecule has 0 saturated carbocycles. The molecular weight excluding hydrogens is 322 g/mol. The summed E-state index contributed by atoms with van der Waals surface area (Å²) < 4.78 is 10.7. The second-order valence-electron chi connectivity index (χ2n) is 5.46. The smallest absolute Gasteiger partial charge is 0.231 e. The van der Waals surface area contributed by atoms with Crippen molar-refractivity contribution in [1.29, 1.82) is 5.26 Å². The first-order valence-corrected chi connectivity index (χ1v) is 7.82. The van der Waals surface area contributed by atoms with Gasteiger partial charge in [0.2, 0.25) is 6.79 Å². The van der Waals surface area contributed by atoms with Crippen molar-refractivity contribution in [3.63, 3.8) is 0 Å². The van der Waals surface area contributed by atoms with Crippen molar-refractivity contribution < 1.29 is 9.47 Å². The van der Waals surface area contributed by atoms with Crippen LogP contribution in [0.15, 0.2) is 54.6 Å². The van der Waals surface area contributed by atoms with Crippen molar-refractivity contribution in [2.45, 2.75) is 0 Å². The minimum absolute atomic E-state index is 0.189. The number of nitriles is 1. The van der Waals surface area contributed by atoms with Crippen molar-refractivity contribution >= 4 is 34.0 Å². The molecule has 0 aromatic heterocycles. The molecule has 0 amide bonds. The van der Waals surface area contributed by atoms with E-state index < -0.39 is 0 Å². The molecule has 0 atom stereocenters. The topological polar surface area (TPSA) is 42.2 Å². The first-order chi connectivity index (χ1) is 11.7. The molecule has 24 heavy (non-hydrogen) atoms. The zero-order valence-electron chi connectivity index (χ0n) is 12.6. The van der Waals surface area contributed by atoms with Crippen molar-refractivity contribution in [3.05, 3.63) is 70.7 Å². The van der Waals surface area contributed by atoms with E-state index in [4.69, 9.17) is 21.1 Å². The van der Waals surface area contributed by atoms with Crippen molar-refractivity contribution in [3.8, 4) is 17.6 Å². The summed E-state index contributed by atoms with van der Waals surface area (Å²) in [5.74, 6) is 1.27. The lowest BCUT2D eigenvalue weighted by atomic mass is 10.00. The molecule has 0 fully saturated rings. The minimum atomic E-state index is 0.189. The van der Waals surface area contributed by atoms with Crippen molar-refractivity contribution in [2.24, 2.45) is 0 Å². The van der Waals surface area contributed by atoms with E-state index in [2.05, 4.69) is 6.07 Å². The van der Waals surface area contributed by atoms with Gasteiger partial charge in [0, 0.05) is 6.07 Å². The molecule has 0 aliphatic carbocycles. The van der Waals surface area contributed by atoms with Gasteiger partial charge in [0.1, 0.15) is 0 Å². The third-order valence-corrected chi connectivity index (χ3v) is 4.30. The maximum atomic E-state index is 9.58. The van der Waals surface area contributed by atoms with Gasteiger partial charge in [-0.1, -0.05) is 48.0 Å². The van der Waals surface area contributed by atoms with Gasteiger partial charge in [-0.25, -0.2) is 0 Å². The summed E-state index contributed by atoms with van der Waals surface area (Å²) in [5, 5.41) is 12.3. The van der Waals surface area contributed by atoms with Crippen LogP contribution in [0.1, 0.15) is 11.1 Å². The highest BCUT2D eigenvalue weighted by molar-refractivity contribution is 6.32. The molecule has 0 radical (unpaired) electrons. The van der Waals surface area contributed by atoms with Gasteiger partial charge in [0.15, 0.2) is 11.5 Å². The van der Waals surface area contributed by atoms with E-state index in [1.165, 1.54) is 0 Å². The fourth-order valence-electron chi connectivity index (χ4n) is 2.74. The Morgan fingerprint density at radius 1 is 1.00 bits per heavy atom. The number of halogens is 1. The number of fused-ring (bicyclic) bond motifs is 2. The number of hydrogen-bond donors (Lipinski definition) is 0. The summed E-state index contributed by atoms with van der Waals surface area (Å²) in [6.07, 6.45) is 1.77. The van der Waals surface area contributed by atoms with Crippen LogP contribution in [0.4, 0.5) is 0 Å². The summed E-state index contributed by atoms with van der Waals surface area (Å²) >= 11 is 6.30. The fraction of sp³-hybridized carbons (Fsp3) is 0.0500. The summed E-state index contributed by atoms with van der Waals surface area (Å²) in [7, 11) is 0. The number of nitrogens with zero attached hydrogens (tertiary/aromatic N) is 1. The molecule has 0 saturated heterocycles. The van der Waals surface area contributed by atoms with Crippen LogP contribution in [-0.2, 0) is 0 Å². The molecule has 3 nitrogen and oxygen atoms in total. The molecule has 1 aliphatic rings. The second-order valence-corrected chi connectivity index (χ2v) is 5.87. The monoisotopic (exact) mass is 333 g/mol. The molecule has 0 unspecified atom stereocenters. The predicted octanol–water partition coefficient (Wildman–Crippen LogP) is 5.29. The third kappa shape index (κ3) is 2.58. The van der Waals surface area contributed by atoms with Crippen LogP contribution in [0.5, 0.6) is 11.5 Å². The summed E-state index contributed by atoms with van der Waals surface area (Å²) in [6.45, 7) is 0.189. The van der Waals surface area contributed by atoms with E-state index in [0.29, 0.717) is 22.1 Å². The lowest BCUT2D eigenvalue weighted by molar-refractivity contribution is 0.174. The number of rotatable bonds is 2. The highest BCUT2D eigenvalue weighted by atomic mass is 35.5. The SMILES string of the molecule is N#CC(=Cc1cc2c(cc1Cl)OCO2)c1ccc2ccccc2c1. The largest absolute Gasteiger partial charge is 0.454 e. The molecule has 116 valence electrons. The molecular formula is C20H12ClNO2. The molecule has 0 spiro atoms. The first kappa shape index (κ1) is 14.6. The summed E-state index contributed by atoms with van der Waals surface area (Å²) in [6, 6.07) is 19.8. The molecule has 4 rings (SSSR count). The van der Waals surface area contributed by atoms with E-state index in [0.717, 1.165) is 21.9 Å². The summed E-state index contributed by atoms with van der Waals surface area (Å²) in [5.41, 5.74) is 2.12. The lowest BCUT2D eigenvalue weighted by Gasteiger charge is -2.05. The average molecular weight is 334 g/mol. The third-order valence-electron chi connectivity index (χ3n) is 3.97. The molecule has 1 heterocycles. The zero-order chi connectivity index (χ0) is 16.5. The van der Waals surface area contributed by atoms with E-state index in [1.807, 2.05) is 42.5 Å². The lowest BCUT2D eigenvalue weighted by Crippen LogP contribution is -1.92. The zero-order valence-corrected chi connectivity index (χ0v) is 13.4. The van der Waals surface area contributed by atoms with Crippen molar-refractivity contribution in [1.82, 2.24) is 0 Å². The number of allylic oxidation sites excluding steroid dienone is 1. The first-order valence-electron chi connectivity index (χ1n) is 7.45. The van der Waals surface area contributed by atoms with Crippen LogP contribution < -0.4 is 9.47 Å². The predicted molar refractivity (Wildman–Crippen MR) is 95.0 cm³/mol. The Morgan fingerprint density at radius 2 is 1.75 bits per heavy atom. The van der Waals surface area contributed by atoms with Gasteiger partial charge >= 0.3 is 0 Å². The Balaban J connectivity index is 1.80. The molecule has 4 heteroatoms. The normalized spacial score (nSPS) is 13.1. The van der Waals surface area contributed by atoms with Crippen molar-refractivity contribution in [2.75, 3.05) is 6.79 Å². The Labute approximate surface area is 144 Å². The fourth-order valence-corrected chi connectivity index (χ4v) is 2.94. The van der Waals surface area contributed by atoms with E-state index in [1.54, 1.807) is 18.2 Å². The summed E-state index contributed by atoms with van der Waals surface area (Å²) in [4.78, 5) is 0. The van der Waals surface area contributed by atoms with Crippen LogP contribution in [0.25, 0.3) is 22.4 Å². The number of benzene rings is 3. The molecule has 3 aromatic carbocycles. The van der Waals surface area contributed by atoms with E-state index >= 15 is 0 Å². The molecule has 1 aliphatic heterocycles. The maximum Gasteiger partial charge on any atom is 0.231 e. The van der Waals surface area contributed by atoms with Gasteiger partial charge < -0.3 is 9.47 Å². The van der Waals surface area contributed by atoms with Gasteiger partial charge in [-0.05, 0) is 40.1 Å². The molecule has 0 bridgehead atoms. The molecule has 3 aromatic rings. The van der Waals surface area contributed by atoms with Crippen LogP contribution in [-0.4, -0.2) is 6.79 Å². The molecule has 0 N–H and O–H groups in total. The number of ether oxygens (including phenoxy) is 2. The van der Waals surface area contributed by atoms with Gasteiger partial charge in [0.05, 0.1) is 16.7 Å². The minimum Gasteiger partial charge on any atom is -0.454 e. The van der Waals surface area contributed by atoms with E-state index in [-0.39, 0.29) is 6.79 Å². The number of hydrogen-bond acceptors (Lipinski definition) is 3. The van der Waals surface area contributed by atoms with Gasteiger partial charge in [0.25, 0.3) is 0 Å².